The highest BCUT2D eigenvalue weighted by Crippen LogP contribution is 2.26. The van der Waals surface area contributed by atoms with Gasteiger partial charge in [-0.1, -0.05) is 42.5 Å². The molecule has 1 atom stereocenters. The van der Waals surface area contributed by atoms with E-state index < -0.39 is 0 Å². The number of benzene rings is 2. The second-order valence-corrected chi connectivity index (χ2v) is 6.98. The van der Waals surface area contributed by atoms with Crippen molar-refractivity contribution in [2.24, 2.45) is 0 Å². The predicted octanol–water partition coefficient (Wildman–Crippen LogP) is 3.38. The third kappa shape index (κ3) is 3.80. The van der Waals surface area contributed by atoms with Gasteiger partial charge in [0.2, 0.25) is 0 Å². The Kier molecular flexibility index (Phi) is 4.81. The fourth-order valence-corrected chi connectivity index (χ4v) is 3.82. The molecule has 2 aromatic rings. The van der Waals surface area contributed by atoms with Crippen LogP contribution in [0.2, 0.25) is 0 Å². The lowest BCUT2D eigenvalue weighted by atomic mass is 10.0. The van der Waals surface area contributed by atoms with Crippen molar-refractivity contribution >= 4 is 0 Å². The largest absolute Gasteiger partial charge is 0.493 e. The van der Waals surface area contributed by atoms with Gasteiger partial charge in [0.15, 0.2) is 0 Å². The SMILES string of the molecule is c1ccc(CN2CCCC(NCc3ccc4c(c3)CCO4)C2)cc1. The van der Waals surface area contributed by atoms with E-state index in [1.165, 1.54) is 36.1 Å². The molecule has 0 aromatic heterocycles. The maximum atomic E-state index is 5.59. The van der Waals surface area contributed by atoms with E-state index in [1.807, 2.05) is 0 Å². The van der Waals surface area contributed by atoms with Gasteiger partial charge >= 0.3 is 0 Å². The van der Waals surface area contributed by atoms with Crippen LogP contribution in [0.3, 0.4) is 0 Å². The smallest absolute Gasteiger partial charge is 0.122 e. The number of hydrogen-bond acceptors (Lipinski definition) is 3. The third-order valence-corrected chi connectivity index (χ3v) is 5.10. The Morgan fingerprint density at radius 1 is 1.08 bits per heavy atom. The van der Waals surface area contributed by atoms with Gasteiger partial charge in [-0.05, 0) is 42.1 Å². The highest BCUT2D eigenvalue weighted by Gasteiger charge is 2.20. The molecule has 0 aliphatic carbocycles. The molecule has 2 aromatic carbocycles. The molecule has 0 radical (unpaired) electrons. The van der Waals surface area contributed by atoms with E-state index in [4.69, 9.17) is 4.74 Å². The van der Waals surface area contributed by atoms with Crippen LogP contribution >= 0.6 is 0 Å². The molecule has 1 N–H and O–H groups in total. The molecular formula is C21H26N2O. The molecule has 2 aliphatic heterocycles. The number of nitrogens with one attached hydrogen (secondary N) is 1. The van der Waals surface area contributed by atoms with Crippen LogP contribution in [0.15, 0.2) is 48.5 Å². The summed E-state index contributed by atoms with van der Waals surface area (Å²) in [5.41, 5.74) is 4.15. The van der Waals surface area contributed by atoms with E-state index in [9.17, 15) is 0 Å². The first-order chi connectivity index (χ1) is 11.9. The van der Waals surface area contributed by atoms with Crippen molar-refractivity contribution in [3.63, 3.8) is 0 Å². The molecule has 2 heterocycles. The Bertz CT molecular complexity index is 671. The maximum Gasteiger partial charge on any atom is 0.122 e. The van der Waals surface area contributed by atoms with Gasteiger partial charge in [-0.25, -0.2) is 0 Å². The van der Waals surface area contributed by atoms with E-state index >= 15 is 0 Å². The standard InChI is InChI=1S/C21H26N2O/c1-2-5-17(6-3-1)15-23-11-4-7-20(16-23)22-14-18-8-9-21-19(13-18)10-12-24-21/h1-3,5-6,8-9,13,20,22H,4,7,10-12,14-16H2. The van der Waals surface area contributed by atoms with Gasteiger partial charge in [-0.2, -0.15) is 0 Å². The highest BCUT2D eigenvalue weighted by atomic mass is 16.5. The van der Waals surface area contributed by atoms with E-state index in [-0.39, 0.29) is 0 Å². The van der Waals surface area contributed by atoms with E-state index in [2.05, 4.69) is 58.7 Å². The van der Waals surface area contributed by atoms with Crippen LogP contribution in [0.4, 0.5) is 0 Å². The van der Waals surface area contributed by atoms with Crippen molar-refractivity contribution in [2.75, 3.05) is 19.7 Å². The molecule has 24 heavy (non-hydrogen) atoms. The van der Waals surface area contributed by atoms with Crippen molar-refractivity contribution in [3.05, 3.63) is 65.2 Å². The van der Waals surface area contributed by atoms with E-state index in [1.54, 1.807) is 0 Å². The number of fused-ring (bicyclic) bond motifs is 1. The summed E-state index contributed by atoms with van der Waals surface area (Å²) in [6.07, 6.45) is 3.61. The number of ether oxygens (including phenoxy) is 1. The molecule has 0 spiro atoms. The quantitative estimate of drug-likeness (QED) is 0.913. The molecule has 126 valence electrons. The second-order valence-electron chi connectivity index (χ2n) is 6.98. The fourth-order valence-electron chi connectivity index (χ4n) is 3.82. The number of rotatable bonds is 5. The lowest BCUT2D eigenvalue weighted by Crippen LogP contribution is -2.45. The molecule has 1 saturated heterocycles. The summed E-state index contributed by atoms with van der Waals surface area (Å²) >= 11 is 0. The number of hydrogen-bond donors (Lipinski definition) is 1. The molecule has 3 heteroatoms. The van der Waals surface area contributed by atoms with E-state index in [0.717, 1.165) is 38.4 Å². The van der Waals surface area contributed by atoms with Crippen molar-refractivity contribution in [2.45, 2.75) is 38.4 Å². The summed E-state index contributed by atoms with van der Waals surface area (Å²) in [5.74, 6) is 1.07. The maximum absolute atomic E-state index is 5.59. The molecule has 3 nitrogen and oxygen atoms in total. The molecule has 4 rings (SSSR count). The fraction of sp³-hybridized carbons (Fsp3) is 0.429. The van der Waals surface area contributed by atoms with Gasteiger partial charge in [0.05, 0.1) is 6.61 Å². The molecule has 0 amide bonds. The first-order valence-electron chi connectivity index (χ1n) is 9.11. The van der Waals surface area contributed by atoms with Gasteiger partial charge in [0.25, 0.3) is 0 Å². The Morgan fingerprint density at radius 2 is 2.00 bits per heavy atom. The van der Waals surface area contributed by atoms with Crippen LogP contribution in [-0.4, -0.2) is 30.6 Å². The predicted molar refractivity (Wildman–Crippen MR) is 97.2 cm³/mol. The molecular weight excluding hydrogens is 296 g/mol. The first kappa shape index (κ1) is 15.7. The lowest BCUT2D eigenvalue weighted by Gasteiger charge is -2.33. The Balaban J connectivity index is 1.30. The van der Waals surface area contributed by atoms with Crippen molar-refractivity contribution in [3.8, 4) is 5.75 Å². The van der Waals surface area contributed by atoms with Crippen LogP contribution in [0, 0.1) is 0 Å². The summed E-state index contributed by atoms with van der Waals surface area (Å²) in [7, 11) is 0. The zero-order valence-corrected chi connectivity index (χ0v) is 14.2. The topological polar surface area (TPSA) is 24.5 Å². The van der Waals surface area contributed by atoms with Gasteiger partial charge in [-0.15, -0.1) is 0 Å². The average Bonchev–Trinajstić information content (AvgIpc) is 3.09. The van der Waals surface area contributed by atoms with E-state index in [0.29, 0.717) is 6.04 Å². The van der Waals surface area contributed by atoms with Crippen molar-refractivity contribution in [1.29, 1.82) is 0 Å². The van der Waals surface area contributed by atoms with Crippen LogP contribution < -0.4 is 10.1 Å². The van der Waals surface area contributed by atoms with Crippen molar-refractivity contribution < 1.29 is 4.74 Å². The van der Waals surface area contributed by atoms with Crippen molar-refractivity contribution in [1.82, 2.24) is 10.2 Å². The zero-order chi connectivity index (χ0) is 16.2. The molecule has 2 aliphatic rings. The van der Waals surface area contributed by atoms with Crippen LogP contribution in [-0.2, 0) is 19.5 Å². The third-order valence-electron chi connectivity index (χ3n) is 5.10. The first-order valence-corrected chi connectivity index (χ1v) is 9.11. The van der Waals surface area contributed by atoms with Crippen LogP contribution in [0.25, 0.3) is 0 Å². The minimum Gasteiger partial charge on any atom is -0.493 e. The summed E-state index contributed by atoms with van der Waals surface area (Å²) in [6, 6.07) is 18.0. The Hall–Kier alpha value is -1.84. The lowest BCUT2D eigenvalue weighted by molar-refractivity contribution is 0.182. The summed E-state index contributed by atoms with van der Waals surface area (Å²) in [5, 5.41) is 3.76. The molecule has 0 saturated carbocycles. The normalized spacial score (nSPS) is 20.6. The molecule has 0 bridgehead atoms. The number of likely N-dealkylation sites (tertiary alicyclic amines) is 1. The van der Waals surface area contributed by atoms with Gasteiger partial charge < -0.3 is 10.1 Å². The molecule has 1 fully saturated rings. The highest BCUT2D eigenvalue weighted by molar-refractivity contribution is 5.39. The minimum absolute atomic E-state index is 0.590. The monoisotopic (exact) mass is 322 g/mol. The molecule has 1 unspecified atom stereocenters. The second kappa shape index (κ2) is 7.37. The van der Waals surface area contributed by atoms with Gasteiger partial charge in [-0.3, -0.25) is 4.90 Å². The number of piperidine rings is 1. The number of nitrogens with zero attached hydrogens (tertiary/aromatic N) is 1. The van der Waals surface area contributed by atoms with Crippen LogP contribution in [0.1, 0.15) is 29.5 Å². The average molecular weight is 322 g/mol. The Labute approximate surface area is 144 Å². The zero-order valence-electron chi connectivity index (χ0n) is 14.2. The summed E-state index contributed by atoms with van der Waals surface area (Å²) in [4.78, 5) is 2.58. The van der Waals surface area contributed by atoms with Gasteiger partial charge in [0.1, 0.15) is 5.75 Å². The summed E-state index contributed by atoms with van der Waals surface area (Å²) < 4.78 is 5.59. The summed E-state index contributed by atoms with van der Waals surface area (Å²) in [6.45, 7) is 5.21. The Morgan fingerprint density at radius 3 is 2.92 bits per heavy atom. The van der Waals surface area contributed by atoms with Gasteiger partial charge in [0, 0.05) is 32.1 Å². The minimum atomic E-state index is 0.590. The van der Waals surface area contributed by atoms with Crippen LogP contribution in [0.5, 0.6) is 5.75 Å².